The first-order valence-corrected chi connectivity index (χ1v) is 6.50. The molecule has 0 aromatic carbocycles. The third-order valence-corrected chi connectivity index (χ3v) is 4.31. The van der Waals surface area contributed by atoms with Crippen molar-refractivity contribution in [3.63, 3.8) is 0 Å². The van der Waals surface area contributed by atoms with E-state index in [1.54, 1.807) is 4.88 Å². The van der Waals surface area contributed by atoms with Crippen LogP contribution in [0.25, 0.3) is 0 Å². The van der Waals surface area contributed by atoms with Gasteiger partial charge in [0, 0.05) is 17.5 Å². The van der Waals surface area contributed by atoms with Crippen LogP contribution in [0.2, 0.25) is 0 Å². The Labute approximate surface area is 89.5 Å². The van der Waals surface area contributed by atoms with Crippen molar-refractivity contribution < 1.29 is 0 Å². The van der Waals surface area contributed by atoms with Gasteiger partial charge in [-0.25, -0.2) is 0 Å². The quantitative estimate of drug-likeness (QED) is 0.783. The summed E-state index contributed by atoms with van der Waals surface area (Å²) in [6.45, 7) is 1.26. The number of hydrogen-bond acceptors (Lipinski definition) is 2. The van der Waals surface area contributed by atoms with Crippen LogP contribution < -0.4 is 5.32 Å². The molecule has 76 valence electrons. The zero-order valence-corrected chi connectivity index (χ0v) is 9.28. The second-order valence-corrected chi connectivity index (χ2v) is 5.94. The van der Waals surface area contributed by atoms with Gasteiger partial charge in [-0.1, -0.05) is 6.07 Å². The molecule has 1 heterocycles. The van der Waals surface area contributed by atoms with E-state index >= 15 is 0 Å². The van der Waals surface area contributed by atoms with Crippen molar-refractivity contribution in [1.82, 2.24) is 5.32 Å². The van der Waals surface area contributed by atoms with Gasteiger partial charge in [-0.15, -0.1) is 11.3 Å². The summed E-state index contributed by atoms with van der Waals surface area (Å²) in [6, 6.07) is 5.32. The van der Waals surface area contributed by atoms with E-state index in [0.717, 1.165) is 6.04 Å². The second-order valence-electron chi connectivity index (χ2n) is 4.91. The normalized spacial score (nSPS) is 23.7. The standard InChI is InChI=1S/C12H17NS/c1-2-11(14-7-1)8-12(5-6-12)9-13-10-3-4-10/h1-2,7,10,13H,3-6,8-9H2. The average Bonchev–Trinajstić information content (AvgIpc) is 3.07. The first-order valence-electron chi connectivity index (χ1n) is 5.62. The maximum absolute atomic E-state index is 3.68. The van der Waals surface area contributed by atoms with Crippen molar-refractivity contribution in [2.75, 3.05) is 6.54 Å². The average molecular weight is 207 g/mol. The van der Waals surface area contributed by atoms with E-state index < -0.39 is 0 Å². The summed E-state index contributed by atoms with van der Waals surface area (Å²) >= 11 is 1.91. The maximum atomic E-state index is 3.68. The Morgan fingerprint density at radius 1 is 1.43 bits per heavy atom. The lowest BCUT2D eigenvalue weighted by atomic mass is 10.0. The Hall–Kier alpha value is -0.340. The highest BCUT2D eigenvalue weighted by molar-refractivity contribution is 7.09. The molecule has 2 saturated carbocycles. The number of rotatable bonds is 5. The van der Waals surface area contributed by atoms with Gasteiger partial charge in [0.05, 0.1) is 0 Å². The van der Waals surface area contributed by atoms with Crippen LogP contribution in [0.1, 0.15) is 30.6 Å². The first-order chi connectivity index (χ1) is 6.86. The highest BCUT2D eigenvalue weighted by atomic mass is 32.1. The molecule has 0 saturated heterocycles. The molecule has 0 aliphatic heterocycles. The largest absolute Gasteiger partial charge is 0.313 e. The van der Waals surface area contributed by atoms with E-state index in [2.05, 4.69) is 22.8 Å². The lowest BCUT2D eigenvalue weighted by Gasteiger charge is -2.14. The van der Waals surface area contributed by atoms with Gasteiger partial charge in [0.1, 0.15) is 0 Å². The molecule has 2 heteroatoms. The molecule has 1 aromatic heterocycles. The zero-order valence-electron chi connectivity index (χ0n) is 8.46. The van der Waals surface area contributed by atoms with Gasteiger partial charge in [-0.3, -0.25) is 0 Å². The van der Waals surface area contributed by atoms with Crippen molar-refractivity contribution in [3.05, 3.63) is 22.4 Å². The summed E-state index contributed by atoms with van der Waals surface area (Å²) in [4.78, 5) is 1.57. The fourth-order valence-electron chi connectivity index (χ4n) is 2.02. The van der Waals surface area contributed by atoms with Gasteiger partial charge in [0.25, 0.3) is 0 Å². The zero-order chi connectivity index (χ0) is 9.43. The molecule has 0 amide bonds. The van der Waals surface area contributed by atoms with E-state index in [-0.39, 0.29) is 0 Å². The summed E-state index contributed by atoms with van der Waals surface area (Å²) in [7, 11) is 0. The molecule has 0 atom stereocenters. The monoisotopic (exact) mass is 207 g/mol. The van der Waals surface area contributed by atoms with Gasteiger partial charge >= 0.3 is 0 Å². The Morgan fingerprint density at radius 3 is 2.86 bits per heavy atom. The maximum Gasteiger partial charge on any atom is 0.00684 e. The van der Waals surface area contributed by atoms with Crippen LogP contribution >= 0.6 is 11.3 Å². The van der Waals surface area contributed by atoms with Crippen LogP contribution in [-0.2, 0) is 6.42 Å². The number of nitrogens with one attached hydrogen (secondary N) is 1. The number of thiophene rings is 1. The van der Waals surface area contributed by atoms with Crippen molar-refractivity contribution in [1.29, 1.82) is 0 Å². The third kappa shape index (κ3) is 2.01. The smallest absolute Gasteiger partial charge is 0.00684 e. The van der Waals surface area contributed by atoms with Crippen LogP contribution in [0.4, 0.5) is 0 Å². The van der Waals surface area contributed by atoms with Crippen molar-refractivity contribution in [2.45, 2.75) is 38.1 Å². The molecule has 0 spiro atoms. The molecule has 2 aliphatic carbocycles. The van der Waals surface area contributed by atoms with E-state index in [0.29, 0.717) is 5.41 Å². The molecule has 1 aromatic rings. The molecule has 0 unspecified atom stereocenters. The molecule has 0 radical (unpaired) electrons. The number of hydrogen-bond donors (Lipinski definition) is 1. The summed E-state index contributed by atoms with van der Waals surface area (Å²) in [5.74, 6) is 0. The van der Waals surface area contributed by atoms with Crippen LogP contribution in [0.15, 0.2) is 17.5 Å². The molecule has 2 fully saturated rings. The molecule has 2 aliphatic rings. The van der Waals surface area contributed by atoms with Gasteiger partial charge in [0.15, 0.2) is 0 Å². The molecule has 1 nitrogen and oxygen atoms in total. The van der Waals surface area contributed by atoms with Crippen LogP contribution in [-0.4, -0.2) is 12.6 Å². The van der Waals surface area contributed by atoms with Gasteiger partial charge < -0.3 is 5.32 Å². The van der Waals surface area contributed by atoms with Crippen molar-refractivity contribution >= 4 is 11.3 Å². The van der Waals surface area contributed by atoms with Crippen molar-refractivity contribution in [3.8, 4) is 0 Å². The predicted molar refractivity (Wildman–Crippen MR) is 60.7 cm³/mol. The van der Waals surface area contributed by atoms with Gasteiger partial charge in [-0.2, -0.15) is 0 Å². The molecule has 3 rings (SSSR count). The summed E-state index contributed by atoms with van der Waals surface area (Å²) in [5.41, 5.74) is 0.646. The van der Waals surface area contributed by atoms with E-state index in [1.165, 1.54) is 38.6 Å². The van der Waals surface area contributed by atoms with Gasteiger partial charge in [0.2, 0.25) is 0 Å². The lowest BCUT2D eigenvalue weighted by molar-refractivity contribution is 0.456. The Kier molecular flexibility index (Phi) is 2.14. The minimum absolute atomic E-state index is 0.646. The molecular formula is C12H17NS. The summed E-state index contributed by atoms with van der Waals surface area (Å²) in [5, 5.41) is 5.87. The highest BCUT2D eigenvalue weighted by Gasteiger charge is 2.43. The minimum Gasteiger partial charge on any atom is -0.313 e. The van der Waals surface area contributed by atoms with Gasteiger partial charge in [-0.05, 0) is 49.0 Å². The first kappa shape index (κ1) is 8.93. The van der Waals surface area contributed by atoms with E-state index in [1.807, 2.05) is 11.3 Å². The lowest BCUT2D eigenvalue weighted by Crippen LogP contribution is -2.27. The fraction of sp³-hybridized carbons (Fsp3) is 0.667. The Morgan fingerprint density at radius 2 is 2.29 bits per heavy atom. The molecule has 1 N–H and O–H groups in total. The second kappa shape index (κ2) is 3.35. The van der Waals surface area contributed by atoms with Crippen molar-refractivity contribution in [2.24, 2.45) is 5.41 Å². The topological polar surface area (TPSA) is 12.0 Å². The van der Waals surface area contributed by atoms with Crippen LogP contribution in [0, 0.1) is 5.41 Å². The Bertz CT molecular complexity index is 296. The van der Waals surface area contributed by atoms with E-state index in [9.17, 15) is 0 Å². The predicted octanol–water partition coefficient (Wildman–Crippen LogP) is 2.82. The van der Waals surface area contributed by atoms with Crippen LogP contribution in [0.3, 0.4) is 0 Å². The third-order valence-electron chi connectivity index (χ3n) is 3.43. The van der Waals surface area contributed by atoms with Crippen LogP contribution in [0.5, 0.6) is 0 Å². The fourth-order valence-corrected chi connectivity index (χ4v) is 2.90. The summed E-state index contributed by atoms with van der Waals surface area (Å²) in [6.07, 6.45) is 7.00. The SMILES string of the molecule is c1csc(CC2(CNC3CC3)CC2)c1. The highest BCUT2D eigenvalue weighted by Crippen LogP contribution is 2.48. The minimum atomic E-state index is 0.646. The molecule has 14 heavy (non-hydrogen) atoms. The summed E-state index contributed by atoms with van der Waals surface area (Å²) < 4.78 is 0. The molecule has 0 bridgehead atoms. The Balaban J connectivity index is 1.54. The molecular weight excluding hydrogens is 190 g/mol. The van der Waals surface area contributed by atoms with E-state index in [4.69, 9.17) is 0 Å².